The van der Waals surface area contributed by atoms with Crippen LogP contribution in [-0.4, -0.2) is 18.2 Å². The zero-order valence-corrected chi connectivity index (χ0v) is 11.1. The quantitative estimate of drug-likeness (QED) is 0.790. The van der Waals surface area contributed by atoms with Crippen LogP contribution in [0, 0.1) is 0 Å². The van der Waals surface area contributed by atoms with Crippen LogP contribution in [0.3, 0.4) is 0 Å². The first-order chi connectivity index (χ1) is 8.19. The van der Waals surface area contributed by atoms with E-state index in [0.717, 1.165) is 36.0 Å². The lowest BCUT2D eigenvalue weighted by Crippen LogP contribution is -2.53. The molecule has 0 atom stereocenters. The number of ether oxygens (including phenoxy) is 1. The molecule has 0 unspecified atom stereocenters. The minimum Gasteiger partial charge on any atom is -0.442 e. The molecule has 3 rings (SSSR count). The van der Waals surface area contributed by atoms with Crippen LogP contribution in [0.2, 0.25) is 0 Å². The molecule has 1 aliphatic carbocycles. The van der Waals surface area contributed by atoms with Gasteiger partial charge in [-0.25, -0.2) is 4.79 Å². The van der Waals surface area contributed by atoms with Crippen molar-refractivity contribution in [2.75, 3.05) is 11.4 Å². The molecule has 1 amide bonds. The summed E-state index contributed by atoms with van der Waals surface area (Å²) < 4.78 is 6.60. The van der Waals surface area contributed by atoms with Gasteiger partial charge in [0, 0.05) is 23.1 Å². The second-order valence-electron chi connectivity index (χ2n) is 4.78. The van der Waals surface area contributed by atoms with Crippen molar-refractivity contribution in [2.45, 2.75) is 31.3 Å². The molecule has 1 heterocycles. The van der Waals surface area contributed by atoms with Gasteiger partial charge >= 0.3 is 6.09 Å². The normalized spacial score (nSPS) is 22.2. The molecule has 1 saturated carbocycles. The van der Waals surface area contributed by atoms with Crippen molar-refractivity contribution in [2.24, 2.45) is 0 Å². The number of amides is 1. The highest BCUT2D eigenvalue weighted by molar-refractivity contribution is 9.10. The molecule has 0 bridgehead atoms. The van der Waals surface area contributed by atoms with Crippen molar-refractivity contribution < 1.29 is 9.53 Å². The lowest BCUT2D eigenvalue weighted by Gasteiger charge is -2.46. The molecule has 17 heavy (non-hydrogen) atoms. The molecule has 2 fully saturated rings. The molecule has 1 aromatic carbocycles. The fourth-order valence-electron chi connectivity index (χ4n) is 2.48. The van der Waals surface area contributed by atoms with Gasteiger partial charge in [0.2, 0.25) is 0 Å². The van der Waals surface area contributed by atoms with E-state index in [9.17, 15) is 4.79 Å². The van der Waals surface area contributed by atoms with Gasteiger partial charge in [-0.05, 0) is 43.5 Å². The average Bonchev–Trinajstić information content (AvgIpc) is 2.28. The van der Waals surface area contributed by atoms with Crippen LogP contribution in [0.15, 0.2) is 28.7 Å². The predicted molar refractivity (Wildman–Crippen MR) is 69.2 cm³/mol. The monoisotopic (exact) mass is 295 g/mol. The molecular weight excluding hydrogens is 282 g/mol. The highest BCUT2D eigenvalue weighted by Gasteiger charge is 2.45. The first kappa shape index (κ1) is 11.1. The number of carbonyl (C=O) groups is 1. The Morgan fingerprint density at radius 3 is 2.41 bits per heavy atom. The fraction of sp³-hybridized carbons (Fsp3) is 0.462. The summed E-state index contributed by atoms with van der Waals surface area (Å²) in [6.45, 7) is 0.764. The molecule has 3 nitrogen and oxygen atoms in total. The molecule has 4 heteroatoms. The number of nitrogens with zero attached hydrogens (tertiary/aromatic N) is 1. The van der Waals surface area contributed by atoms with Crippen LogP contribution in [0.4, 0.5) is 10.5 Å². The van der Waals surface area contributed by atoms with Gasteiger partial charge in [0.25, 0.3) is 0 Å². The SMILES string of the molecule is O=C1OC2(CCC2)CCN1c1ccc(Br)cc1. The van der Waals surface area contributed by atoms with Crippen molar-refractivity contribution in [1.29, 1.82) is 0 Å². The molecule has 2 aliphatic rings. The summed E-state index contributed by atoms with van der Waals surface area (Å²) in [6.07, 6.45) is 4.01. The maximum absolute atomic E-state index is 12.0. The first-order valence-electron chi connectivity index (χ1n) is 5.95. The Kier molecular flexibility index (Phi) is 2.62. The fourth-order valence-corrected chi connectivity index (χ4v) is 2.74. The molecule has 0 aromatic heterocycles. The van der Waals surface area contributed by atoms with Crippen LogP contribution in [0.1, 0.15) is 25.7 Å². The van der Waals surface area contributed by atoms with E-state index in [4.69, 9.17) is 4.74 Å². The number of rotatable bonds is 1. The Morgan fingerprint density at radius 2 is 1.88 bits per heavy atom. The molecule has 0 radical (unpaired) electrons. The summed E-state index contributed by atoms with van der Waals surface area (Å²) in [5, 5.41) is 0. The minimum absolute atomic E-state index is 0.122. The van der Waals surface area contributed by atoms with Crippen LogP contribution in [0.25, 0.3) is 0 Å². The van der Waals surface area contributed by atoms with Crippen molar-refractivity contribution in [3.63, 3.8) is 0 Å². The van der Waals surface area contributed by atoms with E-state index in [0.29, 0.717) is 0 Å². The minimum atomic E-state index is -0.196. The van der Waals surface area contributed by atoms with Gasteiger partial charge in [-0.2, -0.15) is 0 Å². The Labute approximate surface area is 109 Å². The van der Waals surface area contributed by atoms with Crippen LogP contribution in [-0.2, 0) is 4.74 Å². The topological polar surface area (TPSA) is 29.5 Å². The molecule has 1 saturated heterocycles. The number of carbonyl (C=O) groups excluding carboxylic acids is 1. The summed E-state index contributed by atoms with van der Waals surface area (Å²) in [5.41, 5.74) is 0.788. The van der Waals surface area contributed by atoms with E-state index in [1.54, 1.807) is 4.90 Å². The van der Waals surface area contributed by atoms with Crippen LogP contribution < -0.4 is 4.90 Å². The van der Waals surface area contributed by atoms with E-state index >= 15 is 0 Å². The van der Waals surface area contributed by atoms with E-state index in [1.165, 1.54) is 6.42 Å². The van der Waals surface area contributed by atoms with Crippen molar-refractivity contribution in [3.8, 4) is 0 Å². The standard InChI is InChI=1S/C13H14BrNO2/c14-10-2-4-11(5-3-10)15-9-8-13(6-1-7-13)17-12(15)16/h2-5H,1,6-9H2. The maximum Gasteiger partial charge on any atom is 0.414 e. The second-order valence-corrected chi connectivity index (χ2v) is 5.70. The lowest BCUT2D eigenvalue weighted by atomic mass is 9.77. The van der Waals surface area contributed by atoms with Gasteiger partial charge in [-0.3, -0.25) is 4.90 Å². The molecule has 1 aliphatic heterocycles. The Balaban J connectivity index is 1.77. The van der Waals surface area contributed by atoms with Crippen molar-refractivity contribution >= 4 is 27.7 Å². The summed E-state index contributed by atoms with van der Waals surface area (Å²) in [4.78, 5) is 13.7. The maximum atomic E-state index is 12.0. The largest absolute Gasteiger partial charge is 0.442 e. The number of anilines is 1. The third-order valence-corrected chi connectivity index (χ3v) is 4.25. The molecule has 1 spiro atoms. The van der Waals surface area contributed by atoms with Gasteiger partial charge in [0.05, 0.1) is 0 Å². The summed E-state index contributed by atoms with van der Waals surface area (Å²) >= 11 is 3.39. The Bertz CT molecular complexity index is 439. The average molecular weight is 296 g/mol. The van der Waals surface area contributed by atoms with Gasteiger partial charge in [0.15, 0.2) is 0 Å². The molecule has 1 aromatic rings. The molecule has 90 valence electrons. The van der Waals surface area contributed by atoms with Gasteiger partial charge < -0.3 is 4.74 Å². The lowest BCUT2D eigenvalue weighted by molar-refractivity contribution is -0.0610. The highest BCUT2D eigenvalue weighted by atomic mass is 79.9. The summed E-state index contributed by atoms with van der Waals surface area (Å²) in [7, 11) is 0. The zero-order chi connectivity index (χ0) is 11.9. The number of halogens is 1. The van der Waals surface area contributed by atoms with E-state index in [2.05, 4.69) is 15.9 Å². The Hall–Kier alpha value is -1.03. The molecule has 0 N–H and O–H groups in total. The van der Waals surface area contributed by atoms with E-state index in [-0.39, 0.29) is 11.7 Å². The van der Waals surface area contributed by atoms with E-state index in [1.807, 2.05) is 24.3 Å². The number of hydrogen-bond acceptors (Lipinski definition) is 2. The third kappa shape index (κ3) is 1.95. The van der Waals surface area contributed by atoms with E-state index < -0.39 is 0 Å². The number of hydrogen-bond donors (Lipinski definition) is 0. The van der Waals surface area contributed by atoms with Gasteiger partial charge in [0.1, 0.15) is 5.60 Å². The zero-order valence-electron chi connectivity index (χ0n) is 9.49. The first-order valence-corrected chi connectivity index (χ1v) is 6.74. The number of benzene rings is 1. The highest BCUT2D eigenvalue weighted by Crippen LogP contribution is 2.42. The van der Waals surface area contributed by atoms with Crippen LogP contribution in [0.5, 0.6) is 0 Å². The van der Waals surface area contributed by atoms with Crippen molar-refractivity contribution in [1.82, 2.24) is 0 Å². The van der Waals surface area contributed by atoms with Crippen LogP contribution >= 0.6 is 15.9 Å². The van der Waals surface area contributed by atoms with Gasteiger partial charge in [-0.1, -0.05) is 15.9 Å². The Morgan fingerprint density at radius 1 is 1.18 bits per heavy atom. The summed E-state index contributed by atoms with van der Waals surface area (Å²) in [5.74, 6) is 0. The van der Waals surface area contributed by atoms with Gasteiger partial charge in [-0.15, -0.1) is 0 Å². The predicted octanol–water partition coefficient (Wildman–Crippen LogP) is 3.72. The van der Waals surface area contributed by atoms with Crippen molar-refractivity contribution in [3.05, 3.63) is 28.7 Å². The molecular formula is C13H14BrNO2. The third-order valence-electron chi connectivity index (χ3n) is 3.72. The summed E-state index contributed by atoms with van der Waals surface area (Å²) in [6, 6.07) is 7.75. The second kappa shape index (κ2) is 4.02. The smallest absolute Gasteiger partial charge is 0.414 e.